The molecule has 4 nitrogen and oxygen atoms in total. The highest BCUT2D eigenvalue weighted by Crippen LogP contribution is 2.19. The molecule has 1 aliphatic heterocycles. The van der Waals surface area contributed by atoms with E-state index in [0.29, 0.717) is 12.8 Å². The molecule has 88 valence electrons. The number of hydrogen-bond donors (Lipinski definition) is 0. The first-order valence-electron chi connectivity index (χ1n) is 4.58. The number of hydrogen-bond acceptors (Lipinski definition) is 4. The van der Waals surface area contributed by atoms with Gasteiger partial charge in [-0.3, -0.25) is 0 Å². The molecule has 1 saturated heterocycles. The van der Waals surface area contributed by atoms with Crippen molar-refractivity contribution in [1.29, 1.82) is 0 Å². The Bertz CT molecular complexity index is 421. The van der Waals surface area contributed by atoms with Crippen molar-refractivity contribution in [2.75, 3.05) is 17.3 Å². The summed E-state index contributed by atoms with van der Waals surface area (Å²) in [7, 11) is -1.31. The van der Waals surface area contributed by atoms with Crippen LogP contribution in [0, 0.1) is 5.92 Å². The van der Waals surface area contributed by atoms with Crippen molar-refractivity contribution < 1.29 is 16.8 Å². The van der Waals surface area contributed by atoms with Gasteiger partial charge >= 0.3 is 0 Å². The Morgan fingerprint density at radius 3 is 2.27 bits per heavy atom. The normalized spacial score (nSPS) is 23.3. The van der Waals surface area contributed by atoms with Gasteiger partial charge in [0.05, 0.1) is 17.3 Å². The summed E-state index contributed by atoms with van der Waals surface area (Å²) in [5, 5.41) is 0. The van der Waals surface area contributed by atoms with Gasteiger partial charge in [-0.1, -0.05) is 12.2 Å². The van der Waals surface area contributed by atoms with Crippen LogP contribution >= 0.6 is 10.7 Å². The molecule has 0 aromatic heterocycles. The van der Waals surface area contributed by atoms with Crippen molar-refractivity contribution in [2.45, 2.75) is 12.8 Å². The fraction of sp³-hybridized carbons (Fsp3) is 0.750. The van der Waals surface area contributed by atoms with E-state index in [-0.39, 0.29) is 23.2 Å². The summed E-state index contributed by atoms with van der Waals surface area (Å²) in [5.74, 6) is 0.343. The molecule has 1 fully saturated rings. The molecule has 1 heterocycles. The van der Waals surface area contributed by atoms with Gasteiger partial charge < -0.3 is 0 Å². The predicted molar refractivity (Wildman–Crippen MR) is 60.2 cm³/mol. The van der Waals surface area contributed by atoms with Crippen molar-refractivity contribution in [2.24, 2.45) is 5.92 Å². The van der Waals surface area contributed by atoms with E-state index in [4.69, 9.17) is 10.7 Å². The average Bonchev–Trinajstić information content (AvgIpc) is 2.06. The van der Waals surface area contributed by atoms with Crippen molar-refractivity contribution >= 4 is 29.6 Å². The highest BCUT2D eigenvalue weighted by molar-refractivity contribution is 8.13. The first-order chi connectivity index (χ1) is 6.79. The van der Waals surface area contributed by atoms with Crippen LogP contribution in [-0.4, -0.2) is 34.1 Å². The van der Waals surface area contributed by atoms with Gasteiger partial charge in [-0.2, -0.15) is 0 Å². The molecular weight excluding hydrogens is 260 g/mol. The monoisotopic (exact) mass is 272 g/mol. The van der Waals surface area contributed by atoms with Crippen LogP contribution < -0.4 is 0 Å². The molecule has 0 amide bonds. The third kappa shape index (κ3) is 5.53. The van der Waals surface area contributed by atoms with Gasteiger partial charge in [0.1, 0.15) is 9.84 Å². The zero-order valence-corrected chi connectivity index (χ0v) is 10.5. The van der Waals surface area contributed by atoms with Crippen LogP contribution in [0.4, 0.5) is 0 Å². The first kappa shape index (κ1) is 13.0. The average molecular weight is 273 g/mol. The lowest BCUT2D eigenvalue weighted by molar-refractivity contribution is 0.534. The van der Waals surface area contributed by atoms with E-state index >= 15 is 0 Å². The molecule has 0 N–H and O–H groups in total. The zero-order valence-electron chi connectivity index (χ0n) is 8.10. The Morgan fingerprint density at radius 2 is 1.80 bits per heavy atom. The molecule has 0 radical (unpaired) electrons. The Balaban J connectivity index is 2.43. The largest absolute Gasteiger partial charge is 0.236 e. The van der Waals surface area contributed by atoms with E-state index in [2.05, 4.69) is 0 Å². The topological polar surface area (TPSA) is 68.3 Å². The molecule has 0 spiro atoms. The smallest absolute Gasteiger partial charge is 0.229 e. The fourth-order valence-corrected chi connectivity index (χ4v) is 3.55. The maximum atomic E-state index is 11.1. The molecule has 0 aliphatic carbocycles. The second kappa shape index (κ2) is 4.84. The van der Waals surface area contributed by atoms with Crippen molar-refractivity contribution in [3.63, 3.8) is 0 Å². The Kier molecular flexibility index (Phi) is 4.20. The summed E-state index contributed by atoms with van der Waals surface area (Å²) < 4.78 is 43.4. The Morgan fingerprint density at radius 1 is 1.27 bits per heavy atom. The number of allylic oxidation sites excluding steroid dienone is 1. The quantitative estimate of drug-likeness (QED) is 0.566. The van der Waals surface area contributed by atoms with Crippen molar-refractivity contribution in [3.05, 3.63) is 12.2 Å². The minimum atomic E-state index is -3.48. The van der Waals surface area contributed by atoms with Crippen molar-refractivity contribution in [3.8, 4) is 0 Å². The lowest BCUT2D eigenvalue weighted by atomic mass is 10.0. The van der Waals surface area contributed by atoms with E-state index in [0.717, 1.165) is 0 Å². The molecule has 15 heavy (non-hydrogen) atoms. The van der Waals surface area contributed by atoms with Gasteiger partial charge in [0, 0.05) is 10.7 Å². The summed E-state index contributed by atoms with van der Waals surface area (Å²) in [6, 6.07) is 0. The minimum Gasteiger partial charge on any atom is -0.229 e. The molecule has 0 aromatic rings. The highest BCUT2D eigenvalue weighted by atomic mass is 35.7. The highest BCUT2D eigenvalue weighted by Gasteiger charge is 2.21. The summed E-state index contributed by atoms with van der Waals surface area (Å²) in [6.07, 6.45) is 4.38. The van der Waals surface area contributed by atoms with Crippen LogP contribution in [0.25, 0.3) is 0 Å². The predicted octanol–water partition coefficient (Wildman–Crippen LogP) is 0.936. The lowest BCUT2D eigenvalue weighted by Gasteiger charge is -2.18. The van der Waals surface area contributed by atoms with Crippen LogP contribution in [0.2, 0.25) is 0 Å². The maximum absolute atomic E-state index is 11.1. The third-order valence-corrected chi connectivity index (χ3v) is 4.99. The molecule has 0 unspecified atom stereocenters. The molecular formula is C8H13ClO4S2. The number of rotatable bonds is 3. The van der Waals surface area contributed by atoms with E-state index in [1.807, 2.05) is 0 Å². The van der Waals surface area contributed by atoms with Gasteiger partial charge in [0.25, 0.3) is 0 Å². The standard InChI is InChI=1S/C8H13ClO4S2/c9-15(12,13)5-1-2-8-3-6-14(10,11)7-4-8/h1-2,8H,3-7H2/b2-1+. The van der Waals surface area contributed by atoms with E-state index in [9.17, 15) is 16.8 Å². The van der Waals surface area contributed by atoms with Crippen LogP contribution in [0.1, 0.15) is 12.8 Å². The Hall–Kier alpha value is -0.0700. The van der Waals surface area contributed by atoms with Gasteiger partial charge in [-0.25, -0.2) is 16.8 Å². The Labute approximate surface area is 94.7 Å². The SMILES string of the molecule is O=S(=O)(Cl)C/C=C/C1CCS(=O)(=O)CC1. The van der Waals surface area contributed by atoms with Crippen molar-refractivity contribution in [1.82, 2.24) is 0 Å². The van der Waals surface area contributed by atoms with Gasteiger partial charge in [-0.15, -0.1) is 0 Å². The van der Waals surface area contributed by atoms with Crippen LogP contribution in [0.15, 0.2) is 12.2 Å². The molecule has 0 aromatic carbocycles. The second-order valence-corrected chi connectivity index (χ2v) is 8.75. The van der Waals surface area contributed by atoms with Gasteiger partial charge in [0.2, 0.25) is 9.05 Å². The van der Waals surface area contributed by atoms with Crippen LogP contribution in [0.3, 0.4) is 0 Å². The summed E-state index contributed by atoms with van der Waals surface area (Å²) in [4.78, 5) is 0. The molecule has 0 saturated carbocycles. The lowest BCUT2D eigenvalue weighted by Crippen LogP contribution is -2.22. The van der Waals surface area contributed by atoms with E-state index in [1.165, 1.54) is 6.08 Å². The molecule has 0 bridgehead atoms. The number of halogens is 1. The molecule has 7 heteroatoms. The van der Waals surface area contributed by atoms with E-state index < -0.39 is 18.9 Å². The van der Waals surface area contributed by atoms with Crippen LogP contribution in [0.5, 0.6) is 0 Å². The minimum absolute atomic E-state index is 0.159. The maximum Gasteiger partial charge on any atom is 0.236 e. The fourth-order valence-electron chi connectivity index (χ4n) is 1.46. The molecule has 0 atom stereocenters. The van der Waals surface area contributed by atoms with Crippen LogP contribution in [-0.2, 0) is 18.9 Å². The third-order valence-electron chi connectivity index (χ3n) is 2.30. The second-order valence-electron chi connectivity index (χ2n) is 3.62. The first-order valence-corrected chi connectivity index (χ1v) is 8.88. The van der Waals surface area contributed by atoms with Gasteiger partial charge in [-0.05, 0) is 18.8 Å². The summed E-state index contributed by atoms with van der Waals surface area (Å²) in [5.41, 5.74) is 0. The molecule has 1 aliphatic rings. The molecule has 1 rings (SSSR count). The zero-order chi connectivity index (χ0) is 11.5. The summed E-state index contributed by atoms with van der Waals surface area (Å²) in [6.45, 7) is 0. The van der Waals surface area contributed by atoms with E-state index in [1.54, 1.807) is 6.08 Å². The number of sulfone groups is 1. The summed E-state index contributed by atoms with van der Waals surface area (Å²) >= 11 is 0. The van der Waals surface area contributed by atoms with Gasteiger partial charge in [0.15, 0.2) is 0 Å².